The Bertz CT molecular complexity index is 989. The molecule has 0 aliphatic rings. The zero-order valence-corrected chi connectivity index (χ0v) is 23.1. The van der Waals surface area contributed by atoms with Gasteiger partial charge in [0.1, 0.15) is 14.1 Å². The standard InChI is InChI=1S/C33H48N2/c1-7-10-11-27(8-2)30-12-14-32(15-13-30)33(26(4)29-18-22-34(5)23-19-29)17-16-28(9-3)31-20-24-35(6)25-21-31/h12-15,18-28,33H,7-11,16-17H2,1-6H3/q+2. The first-order valence-electron chi connectivity index (χ1n) is 14.0. The quantitative estimate of drug-likeness (QED) is 0.224. The Labute approximate surface area is 215 Å². The van der Waals surface area contributed by atoms with Crippen LogP contribution in [0.1, 0.15) is 119 Å². The van der Waals surface area contributed by atoms with Crippen molar-refractivity contribution >= 4 is 0 Å². The number of benzene rings is 1. The van der Waals surface area contributed by atoms with Gasteiger partial charge in [0.25, 0.3) is 0 Å². The molecule has 0 saturated carbocycles. The molecule has 1 aromatic carbocycles. The smallest absolute Gasteiger partial charge is 0.168 e. The van der Waals surface area contributed by atoms with Crippen LogP contribution in [0.5, 0.6) is 0 Å². The summed E-state index contributed by atoms with van der Waals surface area (Å²) in [4.78, 5) is 0. The molecule has 2 heteroatoms. The van der Waals surface area contributed by atoms with E-state index in [2.05, 4.69) is 124 Å². The van der Waals surface area contributed by atoms with Crippen LogP contribution in [0.3, 0.4) is 0 Å². The van der Waals surface area contributed by atoms with Gasteiger partial charge in [0.05, 0.1) is 0 Å². The number of nitrogens with zero attached hydrogens (tertiary/aromatic N) is 2. The predicted molar refractivity (Wildman–Crippen MR) is 148 cm³/mol. The van der Waals surface area contributed by atoms with E-state index in [4.69, 9.17) is 0 Å². The minimum Gasteiger partial charge on any atom is -0.208 e. The van der Waals surface area contributed by atoms with Gasteiger partial charge in [0, 0.05) is 24.3 Å². The molecule has 0 N–H and O–H groups in total. The number of hydrogen-bond acceptors (Lipinski definition) is 0. The normalized spacial score (nSPS) is 14.9. The van der Waals surface area contributed by atoms with E-state index in [1.165, 1.54) is 67.2 Å². The van der Waals surface area contributed by atoms with Gasteiger partial charge < -0.3 is 0 Å². The zero-order valence-electron chi connectivity index (χ0n) is 23.1. The van der Waals surface area contributed by atoms with E-state index < -0.39 is 0 Å². The van der Waals surface area contributed by atoms with Gasteiger partial charge in [0.2, 0.25) is 0 Å². The average molecular weight is 473 g/mol. The molecule has 0 bridgehead atoms. The molecule has 0 aliphatic carbocycles. The molecule has 2 nitrogen and oxygen atoms in total. The lowest BCUT2D eigenvalue weighted by atomic mass is 9.77. The highest BCUT2D eigenvalue weighted by atomic mass is 14.9. The Hall–Kier alpha value is -2.48. The summed E-state index contributed by atoms with van der Waals surface area (Å²) < 4.78 is 4.26. The minimum atomic E-state index is 0.482. The number of pyridine rings is 2. The summed E-state index contributed by atoms with van der Waals surface area (Å²) in [5.74, 6) is 2.30. The third-order valence-corrected chi connectivity index (χ3v) is 8.16. The van der Waals surface area contributed by atoms with Crippen molar-refractivity contribution in [2.75, 3.05) is 0 Å². The van der Waals surface area contributed by atoms with E-state index in [1.807, 2.05) is 0 Å². The van der Waals surface area contributed by atoms with E-state index in [0.29, 0.717) is 23.7 Å². The van der Waals surface area contributed by atoms with Crippen LogP contribution in [0.2, 0.25) is 0 Å². The topological polar surface area (TPSA) is 7.76 Å². The van der Waals surface area contributed by atoms with Gasteiger partial charge in [-0.25, -0.2) is 9.13 Å². The van der Waals surface area contributed by atoms with Crippen LogP contribution in [0.4, 0.5) is 0 Å². The summed E-state index contributed by atoms with van der Waals surface area (Å²) in [5.41, 5.74) is 5.92. The molecule has 3 rings (SSSR count). The van der Waals surface area contributed by atoms with Crippen LogP contribution < -0.4 is 9.13 Å². The van der Waals surface area contributed by atoms with Crippen LogP contribution in [0, 0.1) is 0 Å². The fourth-order valence-corrected chi connectivity index (χ4v) is 5.60. The number of rotatable bonds is 13. The lowest BCUT2D eigenvalue weighted by molar-refractivity contribution is -0.671. The molecule has 3 aromatic rings. The van der Waals surface area contributed by atoms with Crippen LogP contribution in [-0.4, -0.2) is 0 Å². The van der Waals surface area contributed by atoms with Gasteiger partial charge in [-0.05, 0) is 78.0 Å². The monoisotopic (exact) mass is 472 g/mol. The number of unbranched alkanes of at least 4 members (excludes halogenated alkanes) is 1. The molecule has 4 atom stereocenters. The summed E-state index contributed by atoms with van der Waals surface area (Å²) in [6.07, 6.45) is 17.5. The minimum absolute atomic E-state index is 0.482. The zero-order chi connectivity index (χ0) is 25.2. The van der Waals surface area contributed by atoms with E-state index in [-0.39, 0.29) is 0 Å². The molecule has 2 heterocycles. The first-order valence-corrected chi connectivity index (χ1v) is 14.0. The maximum absolute atomic E-state index is 2.44. The molecular weight excluding hydrogens is 424 g/mol. The Morgan fingerprint density at radius 3 is 1.54 bits per heavy atom. The molecule has 0 spiro atoms. The molecule has 0 saturated heterocycles. The molecule has 0 radical (unpaired) electrons. The summed E-state index contributed by atoms with van der Waals surface area (Å²) >= 11 is 0. The molecule has 35 heavy (non-hydrogen) atoms. The summed E-state index contributed by atoms with van der Waals surface area (Å²) in [5, 5.41) is 0. The average Bonchev–Trinajstić information content (AvgIpc) is 2.88. The largest absolute Gasteiger partial charge is 0.208 e. The second kappa shape index (κ2) is 13.6. The van der Waals surface area contributed by atoms with E-state index in [0.717, 1.165) is 0 Å². The van der Waals surface area contributed by atoms with Crippen LogP contribution in [-0.2, 0) is 14.1 Å². The molecule has 0 amide bonds. The van der Waals surface area contributed by atoms with E-state index in [1.54, 1.807) is 0 Å². The maximum Gasteiger partial charge on any atom is 0.168 e. The van der Waals surface area contributed by atoms with Crippen LogP contribution in [0.15, 0.2) is 73.3 Å². The van der Waals surface area contributed by atoms with Crippen molar-refractivity contribution < 1.29 is 9.13 Å². The Kier molecular flexibility index (Phi) is 10.5. The van der Waals surface area contributed by atoms with Gasteiger partial charge >= 0.3 is 0 Å². The van der Waals surface area contributed by atoms with Crippen molar-refractivity contribution in [1.82, 2.24) is 0 Å². The second-order valence-electron chi connectivity index (χ2n) is 10.6. The summed E-state index contributed by atoms with van der Waals surface area (Å²) in [6.45, 7) is 9.39. The van der Waals surface area contributed by atoms with Gasteiger partial charge in [0.15, 0.2) is 24.8 Å². The molecule has 188 valence electrons. The van der Waals surface area contributed by atoms with E-state index in [9.17, 15) is 0 Å². The van der Waals surface area contributed by atoms with Crippen LogP contribution in [0.25, 0.3) is 0 Å². The van der Waals surface area contributed by atoms with Crippen molar-refractivity contribution in [3.8, 4) is 0 Å². The molecule has 4 unspecified atom stereocenters. The Morgan fingerprint density at radius 1 is 0.571 bits per heavy atom. The van der Waals surface area contributed by atoms with Crippen molar-refractivity contribution in [3.05, 3.63) is 95.6 Å². The first-order chi connectivity index (χ1) is 17.0. The van der Waals surface area contributed by atoms with Crippen LogP contribution >= 0.6 is 0 Å². The maximum atomic E-state index is 2.44. The Balaban J connectivity index is 1.84. The third kappa shape index (κ3) is 7.50. The summed E-state index contributed by atoms with van der Waals surface area (Å²) in [6, 6.07) is 19.0. The molecule has 2 aromatic heterocycles. The second-order valence-corrected chi connectivity index (χ2v) is 10.6. The molecular formula is C33H48N2+2. The van der Waals surface area contributed by atoms with Gasteiger partial charge in [-0.1, -0.05) is 64.8 Å². The van der Waals surface area contributed by atoms with Gasteiger partial charge in [-0.2, -0.15) is 0 Å². The molecule has 0 aliphatic heterocycles. The fourth-order valence-electron chi connectivity index (χ4n) is 5.60. The van der Waals surface area contributed by atoms with Crippen molar-refractivity contribution in [3.63, 3.8) is 0 Å². The predicted octanol–water partition coefficient (Wildman–Crippen LogP) is 7.88. The highest BCUT2D eigenvalue weighted by Gasteiger charge is 2.24. The SMILES string of the molecule is CCCCC(CC)c1ccc(C(CCC(CC)c2cc[n+](C)cc2)C(C)c2cc[n+](C)cc2)cc1. The van der Waals surface area contributed by atoms with Gasteiger partial charge in [-0.15, -0.1) is 0 Å². The van der Waals surface area contributed by atoms with Crippen molar-refractivity contribution in [1.29, 1.82) is 0 Å². The van der Waals surface area contributed by atoms with Gasteiger partial charge in [-0.3, -0.25) is 0 Å². The lowest BCUT2D eigenvalue weighted by Crippen LogP contribution is -2.26. The third-order valence-electron chi connectivity index (χ3n) is 8.16. The number of hydrogen-bond donors (Lipinski definition) is 0. The Morgan fingerprint density at radius 2 is 1.03 bits per heavy atom. The number of aromatic nitrogens is 2. The fraction of sp³-hybridized carbons (Fsp3) is 0.515. The first kappa shape index (κ1) is 27.1. The summed E-state index contributed by atoms with van der Waals surface area (Å²) in [7, 11) is 4.19. The lowest BCUT2D eigenvalue weighted by Gasteiger charge is -2.27. The highest BCUT2D eigenvalue weighted by molar-refractivity contribution is 5.31. The molecule has 0 fully saturated rings. The van der Waals surface area contributed by atoms with Crippen molar-refractivity contribution in [2.45, 2.75) is 96.3 Å². The van der Waals surface area contributed by atoms with E-state index >= 15 is 0 Å². The van der Waals surface area contributed by atoms with Crippen molar-refractivity contribution in [2.24, 2.45) is 14.1 Å². The number of aryl methyl sites for hydroxylation is 2. The highest BCUT2D eigenvalue weighted by Crippen LogP contribution is 2.39.